The molecule has 1 heterocycles. The van der Waals surface area contributed by atoms with Gasteiger partial charge in [-0.2, -0.15) is 23.3 Å². The number of aliphatic hydroxyl groups excluding tert-OH is 1. The molecule has 1 aliphatic rings. The average molecular weight is 302 g/mol. The number of hydrazone groups is 1. The third-order valence-corrected chi connectivity index (χ3v) is 3.14. The van der Waals surface area contributed by atoms with Crippen LogP contribution in [0.3, 0.4) is 0 Å². The molecule has 2 atom stereocenters. The quantitative estimate of drug-likeness (QED) is 0.871. The van der Waals surface area contributed by atoms with E-state index in [1.54, 1.807) is 6.07 Å². The summed E-state index contributed by atoms with van der Waals surface area (Å²) in [6.45, 7) is 1.26. The third-order valence-electron chi connectivity index (χ3n) is 3.14. The molecule has 0 saturated heterocycles. The van der Waals surface area contributed by atoms with E-state index in [0.29, 0.717) is 0 Å². The van der Waals surface area contributed by atoms with E-state index in [-0.39, 0.29) is 16.3 Å². The average Bonchev–Trinajstić information content (AvgIpc) is 2.74. The maximum atomic E-state index is 13.0. The van der Waals surface area contributed by atoms with Crippen LogP contribution >= 0.6 is 0 Å². The van der Waals surface area contributed by atoms with Crippen molar-refractivity contribution in [3.63, 3.8) is 0 Å². The Kier molecular flexibility index (Phi) is 3.77. The van der Waals surface area contributed by atoms with Crippen molar-refractivity contribution >= 4 is 11.6 Å². The van der Waals surface area contributed by atoms with Crippen LogP contribution in [0.5, 0.6) is 0 Å². The minimum absolute atomic E-state index is 0.0524. The number of alkyl halides is 3. The molecule has 1 aromatic carbocycles. The van der Waals surface area contributed by atoms with Gasteiger partial charge in [0, 0.05) is 12.1 Å². The van der Waals surface area contributed by atoms with Gasteiger partial charge in [0.2, 0.25) is 0 Å². The van der Waals surface area contributed by atoms with Crippen molar-refractivity contribution in [1.29, 1.82) is 0 Å². The van der Waals surface area contributed by atoms with Crippen LogP contribution in [0.1, 0.15) is 25.0 Å². The zero-order chi connectivity index (χ0) is 15.8. The molecule has 21 heavy (non-hydrogen) atoms. The van der Waals surface area contributed by atoms with Crippen LogP contribution in [0, 0.1) is 0 Å². The van der Waals surface area contributed by atoms with Crippen molar-refractivity contribution in [3.05, 3.63) is 35.9 Å². The van der Waals surface area contributed by atoms with E-state index in [2.05, 4.69) is 5.10 Å². The molecule has 0 saturated carbocycles. The Morgan fingerprint density at radius 1 is 1.38 bits per heavy atom. The maximum Gasteiger partial charge on any atom is 0.438 e. The number of amides is 1. The molecule has 2 N–H and O–H groups in total. The zero-order valence-electron chi connectivity index (χ0n) is 11.0. The molecular formula is C13H13F3N2O3. The van der Waals surface area contributed by atoms with Gasteiger partial charge in [0.05, 0.1) is 0 Å². The summed E-state index contributed by atoms with van der Waals surface area (Å²) < 4.78 is 39.0. The monoisotopic (exact) mass is 302 g/mol. The highest BCUT2D eigenvalue weighted by Gasteiger charge is 2.63. The van der Waals surface area contributed by atoms with Gasteiger partial charge in [0.15, 0.2) is 6.10 Å². The third kappa shape index (κ3) is 2.64. The molecule has 2 rings (SSSR count). The summed E-state index contributed by atoms with van der Waals surface area (Å²) in [5, 5.41) is 23.0. The standard InChI is InChI=1S/C13H13F3N2O3/c1-8-7-12(21,13(14,15)16)18(17-8)11(20)10(19)9-5-3-2-4-6-9/h2-6,10,19,21H,7H2,1H3/t10-,12+/m1/s1. The highest BCUT2D eigenvalue weighted by atomic mass is 19.4. The molecule has 0 radical (unpaired) electrons. The first-order valence-corrected chi connectivity index (χ1v) is 6.07. The molecule has 114 valence electrons. The lowest BCUT2D eigenvalue weighted by molar-refractivity contribution is -0.303. The van der Waals surface area contributed by atoms with Gasteiger partial charge in [0.1, 0.15) is 0 Å². The molecule has 5 nitrogen and oxygen atoms in total. The highest BCUT2D eigenvalue weighted by molar-refractivity contribution is 5.90. The zero-order valence-corrected chi connectivity index (χ0v) is 11.0. The molecule has 8 heteroatoms. The Balaban J connectivity index is 2.33. The number of rotatable bonds is 2. The van der Waals surface area contributed by atoms with Crippen molar-refractivity contribution in [1.82, 2.24) is 5.01 Å². The van der Waals surface area contributed by atoms with E-state index in [4.69, 9.17) is 0 Å². The summed E-state index contributed by atoms with van der Waals surface area (Å²) in [6.07, 6.45) is -7.76. The lowest BCUT2D eigenvalue weighted by Crippen LogP contribution is -2.57. The first-order valence-electron chi connectivity index (χ1n) is 6.07. The number of hydrogen-bond acceptors (Lipinski definition) is 4. The predicted molar refractivity (Wildman–Crippen MR) is 67.0 cm³/mol. The summed E-state index contributed by atoms with van der Waals surface area (Å²) in [6, 6.07) is 7.47. The first kappa shape index (κ1) is 15.5. The molecule has 1 amide bonds. The summed E-state index contributed by atoms with van der Waals surface area (Å²) >= 11 is 0. The molecule has 0 spiro atoms. The van der Waals surface area contributed by atoms with Crippen LogP contribution < -0.4 is 0 Å². The summed E-state index contributed by atoms with van der Waals surface area (Å²) in [4.78, 5) is 12.1. The van der Waals surface area contributed by atoms with Gasteiger partial charge in [-0.1, -0.05) is 30.3 Å². The minimum atomic E-state index is -5.08. The molecule has 0 aliphatic carbocycles. The second kappa shape index (κ2) is 5.12. The van der Waals surface area contributed by atoms with Crippen LogP contribution in [0.4, 0.5) is 13.2 Å². The van der Waals surface area contributed by atoms with Crippen molar-refractivity contribution in [3.8, 4) is 0 Å². The SMILES string of the molecule is CC1=NN(C(=O)[C@H](O)c2ccccc2)[C@@](O)(C(F)(F)F)C1. The second-order valence-electron chi connectivity index (χ2n) is 4.79. The Hall–Kier alpha value is -1.93. The molecular weight excluding hydrogens is 289 g/mol. The van der Waals surface area contributed by atoms with Gasteiger partial charge < -0.3 is 10.2 Å². The number of benzene rings is 1. The van der Waals surface area contributed by atoms with Crippen molar-refractivity contribution < 1.29 is 28.2 Å². The lowest BCUT2D eigenvalue weighted by Gasteiger charge is -2.33. The molecule has 0 bridgehead atoms. The van der Waals surface area contributed by atoms with Crippen molar-refractivity contribution in [2.24, 2.45) is 5.10 Å². The number of carbonyl (C=O) groups is 1. The lowest BCUT2D eigenvalue weighted by atomic mass is 10.0. The number of nitrogens with zero attached hydrogens (tertiary/aromatic N) is 2. The second-order valence-corrected chi connectivity index (χ2v) is 4.79. The van der Waals surface area contributed by atoms with E-state index < -0.39 is 30.3 Å². The number of carbonyl (C=O) groups excluding carboxylic acids is 1. The molecule has 1 aromatic rings. The fourth-order valence-electron chi connectivity index (χ4n) is 2.07. The van der Waals surface area contributed by atoms with Gasteiger partial charge in [-0.25, -0.2) is 0 Å². The smallest absolute Gasteiger partial charge is 0.378 e. The number of hydrogen-bond donors (Lipinski definition) is 2. The van der Waals surface area contributed by atoms with E-state index in [9.17, 15) is 28.2 Å². The molecule has 0 fully saturated rings. The maximum absolute atomic E-state index is 13.0. The summed E-state index contributed by atoms with van der Waals surface area (Å²) in [5.74, 6) is -1.34. The molecule has 0 aromatic heterocycles. The topological polar surface area (TPSA) is 73.1 Å². The molecule has 0 unspecified atom stereocenters. The Morgan fingerprint density at radius 2 is 1.95 bits per heavy atom. The van der Waals surface area contributed by atoms with E-state index in [0.717, 1.165) is 0 Å². The fraction of sp³-hybridized carbons (Fsp3) is 0.385. The Labute approximate surface area is 118 Å². The molecule has 1 aliphatic heterocycles. The summed E-state index contributed by atoms with van der Waals surface area (Å²) in [7, 11) is 0. The summed E-state index contributed by atoms with van der Waals surface area (Å²) in [5.41, 5.74) is -3.36. The first-order chi connectivity index (χ1) is 9.67. The Bertz CT molecular complexity index is 574. The van der Waals surface area contributed by atoms with E-state index in [1.165, 1.54) is 31.2 Å². The Morgan fingerprint density at radius 3 is 2.48 bits per heavy atom. The van der Waals surface area contributed by atoms with Crippen molar-refractivity contribution in [2.75, 3.05) is 0 Å². The van der Waals surface area contributed by atoms with Gasteiger partial charge in [0.25, 0.3) is 11.6 Å². The van der Waals surface area contributed by atoms with E-state index in [1.807, 2.05) is 0 Å². The van der Waals surface area contributed by atoms with Crippen LogP contribution in [0.2, 0.25) is 0 Å². The van der Waals surface area contributed by atoms with Gasteiger partial charge >= 0.3 is 6.18 Å². The van der Waals surface area contributed by atoms with Crippen LogP contribution in [0.15, 0.2) is 35.4 Å². The normalized spacial score (nSPS) is 23.9. The van der Waals surface area contributed by atoms with Crippen LogP contribution in [-0.4, -0.2) is 38.7 Å². The van der Waals surface area contributed by atoms with Gasteiger partial charge in [-0.15, -0.1) is 0 Å². The highest BCUT2D eigenvalue weighted by Crippen LogP contribution is 2.41. The predicted octanol–water partition coefficient (Wildman–Crippen LogP) is 1.58. The van der Waals surface area contributed by atoms with E-state index >= 15 is 0 Å². The largest absolute Gasteiger partial charge is 0.438 e. The van der Waals surface area contributed by atoms with Gasteiger partial charge in [-0.3, -0.25) is 4.79 Å². The van der Waals surface area contributed by atoms with Crippen LogP contribution in [0.25, 0.3) is 0 Å². The van der Waals surface area contributed by atoms with Crippen LogP contribution in [-0.2, 0) is 4.79 Å². The van der Waals surface area contributed by atoms with Crippen molar-refractivity contribution in [2.45, 2.75) is 31.3 Å². The number of aliphatic hydroxyl groups is 2. The minimum Gasteiger partial charge on any atom is -0.378 e. The fourth-order valence-corrected chi connectivity index (χ4v) is 2.07. The van der Waals surface area contributed by atoms with Gasteiger partial charge in [-0.05, 0) is 12.5 Å². The number of halogens is 3.